The minimum Gasteiger partial charge on any atom is -0.497 e. The molecule has 1 fully saturated rings. The van der Waals surface area contributed by atoms with Gasteiger partial charge in [-0.3, -0.25) is 4.79 Å². The molecule has 0 aliphatic carbocycles. The molecule has 0 saturated carbocycles. The van der Waals surface area contributed by atoms with Gasteiger partial charge in [0.1, 0.15) is 11.4 Å². The number of hydrogen-bond donors (Lipinski definition) is 2. The Morgan fingerprint density at radius 1 is 1.21 bits per heavy atom. The number of piperidine rings is 1. The molecule has 7 nitrogen and oxygen atoms in total. The molecule has 144 valence electrons. The number of amides is 1. The van der Waals surface area contributed by atoms with E-state index in [4.69, 9.17) is 9.84 Å². The Bertz CT molecular complexity index is 1020. The number of aromatic amines is 1. The smallest absolute Gasteiger partial charge is 0.354 e. The van der Waals surface area contributed by atoms with Gasteiger partial charge in [-0.05, 0) is 54.7 Å². The molecule has 3 aromatic rings. The molecule has 0 atom stereocenters. The van der Waals surface area contributed by atoms with Crippen molar-refractivity contribution in [2.45, 2.75) is 18.8 Å². The van der Waals surface area contributed by atoms with E-state index in [1.165, 1.54) is 23.9 Å². The minimum absolute atomic E-state index is 0.0648. The maximum Gasteiger partial charge on any atom is 0.354 e. The number of benzene rings is 1. The highest BCUT2D eigenvalue weighted by Crippen LogP contribution is 2.35. The molecule has 1 aliphatic heterocycles. The van der Waals surface area contributed by atoms with Gasteiger partial charge in [0, 0.05) is 36.4 Å². The summed E-state index contributed by atoms with van der Waals surface area (Å²) >= 11 is 0. The van der Waals surface area contributed by atoms with Gasteiger partial charge in [-0.15, -0.1) is 0 Å². The third kappa shape index (κ3) is 3.31. The molecule has 0 unspecified atom stereocenters. The van der Waals surface area contributed by atoms with Crippen LogP contribution >= 0.6 is 0 Å². The second kappa shape index (κ2) is 7.34. The number of nitrogens with one attached hydrogen (secondary N) is 1. The number of likely N-dealkylation sites (tertiary alicyclic amines) is 1. The van der Waals surface area contributed by atoms with Gasteiger partial charge in [-0.25, -0.2) is 9.78 Å². The second-order valence-corrected chi connectivity index (χ2v) is 6.96. The maximum absolute atomic E-state index is 12.7. The first-order chi connectivity index (χ1) is 13.6. The normalized spacial score (nSPS) is 15.0. The van der Waals surface area contributed by atoms with Crippen LogP contribution in [0.3, 0.4) is 0 Å². The van der Waals surface area contributed by atoms with Gasteiger partial charge in [0.25, 0.3) is 5.91 Å². The molecule has 1 aromatic carbocycles. The van der Waals surface area contributed by atoms with Crippen LogP contribution in [0.5, 0.6) is 5.75 Å². The minimum atomic E-state index is -1.10. The van der Waals surface area contributed by atoms with Crippen molar-refractivity contribution in [1.82, 2.24) is 14.9 Å². The van der Waals surface area contributed by atoms with Gasteiger partial charge in [0.2, 0.25) is 0 Å². The highest BCUT2D eigenvalue weighted by atomic mass is 16.5. The lowest BCUT2D eigenvalue weighted by atomic mass is 9.89. The Kier molecular flexibility index (Phi) is 4.73. The number of carbonyl (C=O) groups excluding carboxylic acids is 1. The van der Waals surface area contributed by atoms with Crippen molar-refractivity contribution in [1.29, 1.82) is 0 Å². The molecule has 7 heteroatoms. The number of hydrogen-bond acceptors (Lipinski definition) is 4. The number of H-pyrrole nitrogens is 1. The second-order valence-electron chi connectivity index (χ2n) is 6.96. The highest BCUT2D eigenvalue weighted by Gasteiger charge is 2.26. The third-order valence-electron chi connectivity index (χ3n) is 5.37. The number of aromatic nitrogens is 2. The number of carboxylic acids is 1. The molecule has 1 amide bonds. The Hall–Kier alpha value is -3.35. The quantitative estimate of drug-likeness (QED) is 0.725. The van der Waals surface area contributed by atoms with Gasteiger partial charge in [-0.2, -0.15) is 0 Å². The number of aromatic carboxylic acids is 1. The van der Waals surface area contributed by atoms with Crippen LogP contribution in [0.2, 0.25) is 0 Å². The van der Waals surface area contributed by atoms with Crippen molar-refractivity contribution in [3.63, 3.8) is 0 Å². The zero-order valence-electron chi connectivity index (χ0n) is 15.5. The predicted octanol–water partition coefficient (Wildman–Crippen LogP) is 3.29. The Morgan fingerprint density at radius 2 is 2.00 bits per heavy atom. The van der Waals surface area contributed by atoms with Gasteiger partial charge in [0.15, 0.2) is 0 Å². The zero-order chi connectivity index (χ0) is 19.7. The molecule has 0 radical (unpaired) electrons. The summed E-state index contributed by atoms with van der Waals surface area (Å²) < 4.78 is 5.35. The van der Waals surface area contributed by atoms with E-state index in [0.717, 1.165) is 29.5 Å². The van der Waals surface area contributed by atoms with E-state index in [2.05, 4.69) is 16.2 Å². The molecule has 4 rings (SSSR count). The van der Waals surface area contributed by atoms with E-state index in [0.29, 0.717) is 24.6 Å². The summed E-state index contributed by atoms with van der Waals surface area (Å²) in [7, 11) is 1.66. The zero-order valence-corrected chi connectivity index (χ0v) is 15.5. The molecule has 0 bridgehead atoms. The summed E-state index contributed by atoms with van der Waals surface area (Å²) in [6.45, 7) is 1.31. The average molecular weight is 379 g/mol. The summed E-state index contributed by atoms with van der Waals surface area (Å²) in [4.78, 5) is 32.5. The first kappa shape index (κ1) is 18.0. The first-order valence-electron chi connectivity index (χ1n) is 9.20. The van der Waals surface area contributed by atoms with Crippen LogP contribution in [-0.2, 0) is 0 Å². The van der Waals surface area contributed by atoms with E-state index < -0.39 is 5.97 Å². The fourth-order valence-electron chi connectivity index (χ4n) is 3.81. The average Bonchev–Trinajstić information content (AvgIpc) is 3.16. The SMILES string of the molecule is COc1ccc2[nH]cc(C3CCN(C(=O)c4ccc(C(=O)O)nc4)CC3)c2c1. The number of fused-ring (bicyclic) bond motifs is 1. The summed E-state index contributed by atoms with van der Waals surface area (Å²) in [6.07, 6.45) is 5.14. The number of ether oxygens (including phenoxy) is 1. The van der Waals surface area contributed by atoms with Crippen molar-refractivity contribution >= 4 is 22.8 Å². The van der Waals surface area contributed by atoms with Crippen LogP contribution < -0.4 is 4.74 Å². The van der Waals surface area contributed by atoms with Crippen LogP contribution in [0.25, 0.3) is 10.9 Å². The fraction of sp³-hybridized carbons (Fsp3) is 0.286. The van der Waals surface area contributed by atoms with Crippen molar-refractivity contribution in [2.75, 3.05) is 20.2 Å². The number of pyridine rings is 1. The molecule has 2 aromatic heterocycles. The van der Waals surface area contributed by atoms with E-state index in [9.17, 15) is 9.59 Å². The molecule has 1 saturated heterocycles. The molecule has 0 spiro atoms. The molecular weight excluding hydrogens is 358 g/mol. The number of carbonyl (C=O) groups is 2. The van der Waals surface area contributed by atoms with E-state index >= 15 is 0 Å². The standard InChI is InChI=1S/C21H21N3O4/c1-28-15-3-5-18-16(10-15)17(12-23-18)13-6-8-24(9-7-13)20(25)14-2-4-19(21(26)27)22-11-14/h2-5,10-13,23H,6-9H2,1H3,(H,26,27). The van der Waals surface area contributed by atoms with Gasteiger partial charge < -0.3 is 19.7 Å². The summed E-state index contributed by atoms with van der Waals surface area (Å²) in [5.74, 6) is -0.00523. The van der Waals surface area contributed by atoms with Crippen molar-refractivity contribution < 1.29 is 19.4 Å². The van der Waals surface area contributed by atoms with Crippen LogP contribution in [0.4, 0.5) is 0 Å². The summed E-state index contributed by atoms with van der Waals surface area (Å²) in [6, 6.07) is 8.89. The van der Waals surface area contributed by atoms with Gasteiger partial charge in [-0.1, -0.05) is 0 Å². The summed E-state index contributed by atoms with van der Waals surface area (Å²) in [5.41, 5.74) is 2.69. The lowest BCUT2D eigenvalue weighted by Crippen LogP contribution is -2.38. The summed E-state index contributed by atoms with van der Waals surface area (Å²) in [5, 5.41) is 10.1. The molecule has 3 heterocycles. The predicted molar refractivity (Wildman–Crippen MR) is 104 cm³/mol. The number of carboxylic acid groups (broad SMARTS) is 1. The fourth-order valence-corrected chi connectivity index (χ4v) is 3.81. The van der Waals surface area contributed by atoms with Crippen molar-refractivity contribution in [2.24, 2.45) is 0 Å². The monoisotopic (exact) mass is 379 g/mol. The number of rotatable bonds is 4. The largest absolute Gasteiger partial charge is 0.497 e. The highest BCUT2D eigenvalue weighted by molar-refractivity contribution is 5.95. The molecular formula is C21H21N3O4. The topological polar surface area (TPSA) is 95.5 Å². The Balaban J connectivity index is 1.46. The molecule has 1 aliphatic rings. The third-order valence-corrected chi connectivity index (χ3v) is 5.37. The lowest BCUT2D eigenvalue weighted by Gasteiger charge is -2.32. The molecule has 28 heavy (non-hydrogen) atoms. The van der Waals surface area contributed by atoms with E-state index in [1.54, 1.807) is 7.11 Å². The Labute approximate surface area is 162 Å². The Morgan fingerprint density at radius 3 is 2.64 bits per heavy atom. The van der Waals surface area contributed by atoms with Crippen LogP contribution in [-0.4, -0.2) is 52.1 Å². The lowest BCUT2D eigenvalue weighted by molar-refractivity contribution is 0.0682. The van der Waals surface area contributed by atoms with Gasteiger partial charge >= 0.3 is 5.97 Å². The molecule has 2 N–H and O–H groups in total. The number of nitrogens with zero attached hydrogens (tertiary/aromatic N) is 2. The van der Waals surface area contributed by atoms with E-state index in [-0.39, 0.29) is 11.6 Å². The van der Waals surface area contributed by atoms with Crippen LogP contribution in [0.15, 0.2) is 42.7 Å². The van der Waals surface area contributed by atoms with Crippen molar-refractivity contribution in [3.8, 4) is 5.75 Å². The van der Waals surface area contributed by atoms with Crippen molar-refractivity contribution in [3.05, 3.63) is 59.5 Å². The maximum atomic E-state index is 12.7. The van der Waals surface area contributed by atoms with E-state index in [1.807, 2.05) is 23.1 Å². The number of methoxy groups -OCH3 is 1. The van der Waals surface area contributed by atoms with Gasteiger partial charge in [0.05, 0.1) is 12.7 Å². The van der Waals surface area contributed by atoms with Crippen LogP contribution in [0.1, 0.15) is 45.2 Å². The van der Waals surface area contributed by atoms with Crippen LogP contribution in [0, 0.1) is 0 Å². The first-order valence-corrected chi connectivity index (χ1v) is 9.20.